The minimum atomic E-state index is -0.370. The molecule has 4 heterocycles. The highest BCUT2D eigenvalue weighted by Gasteiger charge is 2.36. The van der Waals surface area contributed by atoms with Gasteiger partial charge in [-0.3, -0.25) is 29.1 Å². The van der Waals surface area contributed by atoms with E-state index in [0.717, 1.165) is 63.4 Å². The van der Waals surface area contributed by atoms with Crippen LogP contribution in [0.15, 0.2) is 4.99 Å². The maximum atomic E-state index is 13.1. The van der Waals surface area contributed by atoms with Gasteiger partial charge in [0.25, 0.3) is 11.8 Å². The van der Waals surface area contributed by atoms with Crippen LogP contribution in [0.1, 0.15) is 55.6 Å². The molecule has 12 heteroatoms. The zero-order chi connectivity index (χ0) is 25.1. The number of piperazine rings is 1. The molecule has 1 aliphatic carbocycles. The Balaban J connectivity index is 1.17. The number of Topliss-reactive ketones (excluding diaryl/α,β-unsaturated/α-hetero) is 2. The van der Waals surface area contributed by atoms with Gasteiger partial charge in [0.1, 0.15) is 16.7 Å². The van der Waals surface area contributed by atoms with Gasteiger partial charge in [0, 0.05) is 59.0 Å². The summed E-state index contributed by atoms with van der Waals surface area (Å²) in [5, 5.41) is 0.133. The minimum absolute atomic E-state index is 0.0164. The average Bonchev–Trinajstić information content (AvgIpc) is 3.60. The smallest absolute Gasteiger partial charge is 0.282 e. The molecule has 1 aromatic rings. The van der Waals surface area contributed by atoms with Gasteiger partial charge in [-0.15, -0.1) is 11.3 Å². The zero-order valence-electron chi connectivity index (χ0n) is 20.3. The summed E-state index contributed by atoms with van der Waals surface area (Å²) in [5.41, 5.74) is 0.263. The van der Waals surface area contributed by atoms with Crippen LogP contribution in [0.25, 0.3) is 0 Å². The number of thiazole rings is 1. The first-order chi connectivity index (χ1) is 17.5. The van der Waals surface area contributed by atoms with Gasteiger partial charge >= 0.3 is 0 Å². The van der Waals surface area contributed by atoms with Crippen LogP contribution in [0.5, 0.6) is 0 Å². The number of aromatic nitrogens is 1. The molecule has 1 atom stereocenters. The standard InChI is InChI=1S/C24H31N5O6S/c30-17-15-16(25-4-2-5-27-10-13-34-14-11-27)20(31)19-21(17)36-22(26-19)24(33)29-8-6-28(7-9-29)23(32)18-3-1-12-35-18/h18H,1-15H2. The molecule has 0 saturated carbocycles. The van der Waals surface area contributed by atoms with Gasteiger partial charge in [-0.25, -0.2) is 4.98 Å². The molecule has 1 unspecified atom stereocenters. The van der Waals surface area contributed by atoms with E-state index in [1.165, 1.54) is 0 Å². The van der Waals surface area contributed by atoms with E-state index in [4.69, 9.17) is 9.47 Å². The summed E-state index contributed by atoms with van der Waals surface area (Å²) in [6, 6.07) is 0. The summed E-state index contributed by atoms with van der Waals surface area (Å²) < 4.78 is 10.8. The van der Waals surface area contributed by atoms with E-state index >= 15 is 0 Å². The summed E-state index contributed by atoms with van der Waals surface area (Å²) in [6.45, 7) is 6.81. The molecule has 1 aromatic heterocycles. The van der Waals surface area contributed by atoms with Gasteiger partial charge in [0.05, 0.1) is 25.3 Å². The Morgan fingerprint density at radius 2 is 1.78 bits per heavy atom. The quantitative estimate of drug-likeness (QED) is 0.501. The van der Waals surface area contributed by atoms with E-state index in [1.807, 2.05) is 0 Å². The number of carbonyl (C=O) groups excluding carboxylic acids is 4. The number of ketones is 2. The summed E-state index contributed by atoms with van der Waals surface area (Å²) in [7, 11) is 0. The van der Waals surface area contributed by atoms with Crippen molar-refractivity contribution < 1.29 is 28.7 Å². The average molecular weight is 518 g/mol. The van der Waals surface area contributed by atoms with Gasteiger partial charge in [-0.2, -0.15) is 0 Å². The highest BCUT2D eigenvalue weighted by Crippen LogP contribution is 2.27. The van der Waals surface area contributed by atoms with Crippen LogP contribution in [-0.2, 0) is 14.3 Å². The molecule has 0 spiro atoms. The maximum Gasteiger partial charge on any atom is 0.282 e. The van der Waals surface area contributed by atoms with Crippen molar-refractivity contribution >= 4 is 40.4 Å². The predicted molar refractivity (Wildman–Crippen MR) is 131 cm³/mol. The fourth-order valence-corrected chi connectivity index (χ4v) is 5.87. The molecule has 194 valence electrons. The number of hydrogen-bond acceptors (Lipinski definition) is 10. The number of rotatable bonds is 6. The third kappa shape index (κ3) is 5.41. The van der Waals surface area contributed by atoms with Crippen molar-refractivity contribution in [1.29, 1.82) is 0 Å². The second-order valence-electron chi connectivity index (χ2n) is 9.38. The highest BCUT2D eigenvalue weighted by molar-refractivity contribution is 7.16. The van der Waals surface area contributed by atoms with E-state index in [0.29, 0.717) is 39.3 Å². The molecular weight excluding hydrogens is 486 g/mol. The van der Waals surface area contributed by atoms with Crippen LogP contribution in [0.3, 0.4) is 0 Å². The molecule has 5 rings (SSSR count). The first-order valence-corrected chi connectivity index (χ1v) is 13.4. The fourth-order valence-electron chi connectivity index (χ4n) is 4.91. The highest BCUT2D eigenvalue weighted by atomic mass is 32.1. The lowest BCUT2D eigenvalue weighted by Gasteiger charge is -2.35. The van der Waals surface area contributed by atoms with Crippen LogP contribution in [0.2, 0.25) is 0 Å². The third-order valence-electron chi connectivity index (χ3n) is 6.99. The molecule has 3 aliphatic heterocycles. The van der Waals surface area contributed by atoms with Crippen molar-refractivity contribution in [2.45, 2.75) is 31.8 Å². The molecular formula is C24H31N5O6S. The fraction of sp³-hybridized carbons (Fsp3) is 0.667. The SMILES string of the molecule is O=C1C(=NCCCN2CCOCC2)CC(=O)c2sc(C(=O)N3CCN(C(=O)C4CCCO4)CC3)nc21. The van der Waals surface area contributed by atoms with E-state index in [9.17, 15) is 19.2 Å². The number of amides is 2. The van der Waals surface area contributed by atoms with Gasteiger partial charge in [0.15, 0.2) is 10.8 Å². The first kappa shape index (κ1) is 25.1. The lowest BCUT2D eigenvalue weighted by molar-refractivity contribution is -0.142. The number of nitrogens with zero attached hydrogens (tertiary/aromatic N) is 5. The number of morpholine rings is 1. The Morgan fingerprint density at radius 3 is 2.50 bits per heavy atom. The molecule has 2 amide bonds. The second-order valence-corrected chi connectivity index (χ2v) is 10.4. The zero-order valence-corrected chi connectivity index (χ0v) is 21.1. The monoisotopic (exact) mass is 517 g/mol. The van der Waals surface area contributed by atoms with Crippen molar-refractivity contribution in [1.82, 2.24) is 19.7 Å². The van der Waals surface area contributed by atoms with E-state index in [-0.39, 0.29) is 57.2 Å². The van der Waals surface area contributed by atoms with E-state index in [2.05, 4.69) is 14.9 Å². The molecule has 36 heavy (non-hydrogen) atoms. The van der Waals surface area contributed by atoms with Crippen molar-refractivity contribution in [2.75, 3.05) is 72.2 Å². The van der Waals surface area contributed by atoms with Crippen molar-refractivity contribution in [3.8, 4) is 0 Å². The van der Waals surface area contributed by atoms with Crippen molar-refractivity contribution in [2.24, 2.45) is 4.99 Å². The topological polar surface area (TPSA) is 122 Å². The Kier molecular flexibility index (Phi) is 7.85. The maximum absolute atomic E-state index is 13.1. The Labute approximate surface area is 213 Å². The molecule has 3 saturated heterocycles. The molecule has 0 aromatic carbocycles. The largest absolute Gasteiger partial charge is 0.379 e. The third-order valence-corrected chi connectivity index (χ3v) is 8.08. The number of aliphatic imine (C=N–C) groups is 1. The van der Waals surface area contributed by atoms with Crippen molar-refractivity contribution in [3.05, 3.63) is 15.6 Å². The Hall–Kier alpha value is -2.54. The lowest BCUT2D eigenvalue weighted by Crippen LogP contribution is -2.52. The first-order valence-electron chi connectivity index (χ1n) is 12.6. The number of carbonyl (C=O) groups is 4. The van der Waals surface area contributed by atoms with Crippen LogP contribution in [-0.4, -0.2) is 127 Å². The van der Waals surface area contributed by atoms with Gasteiger partial charge in [-0.1, -0.05) is 0 Å². The summed E-state index contributed by atoms with van der Waals surface area (Å²) in [5.74, 6) is -0.918. The lowest BCUT2D eigenvalue weighted by atomic mass is 9.98. The molecule has 4 aliphatic rings. The van der Waals surface area contributed by atoms with Crippen molar-refractivity contribution in [3.63, 3.8) is 0 Å². The van der Waals surface area contributed by atoms with E-state index < -0.39 is 0 Å². The molecule has 11 nitrogen and oxygen atoms in total. The van der Waals surface area contributed by atoms with Gasteiger partial charge < -0.3 is 19.3 Å². The van der Waals surface area contributed by atoms with Crippen LogP contribution in [0.4, 0.5) is 0 Å². The summed E-state index contributed by atoms with van der Waals surface area (Å²) >= 11 is 0.979. The van der Waals surface area contributed by atoms with Gasteiger partial charge in [0.2, 0.25) is 5.78 Å². The second kappa shape index (κ2) is 11.2. The molecule has 3 fully saturated rings. The minimum Gasteiger partial charge on any atom is -0.379 e. The van der Waals surface area contributed by atoms with Crippen LogP contribution in [0, 0.1) is 0 Å². The van der Waals surface area contributed by atoms with Crippen LogP contribution < -0.4 is 0 Å². The summed E-state index contributed by atoms with van der Waals surface area (Å²) in [4.78, 5) is 65.9. The molecule has 0 radical (unpaired) electrons. The Morgan fingerprint density at radius 1 is 1.03 bits per heavy atom. The number of ether oxygens (including phenoxy) is 2. The number of hydrogen-bond donors (Lipinski definition) is 0. The summed E-state index contributed by atoms with van der Waals surface area (Å²) in [6.07, 6.45) is 2.00. The Bertz CT molecular complexity index is 1050. The normalized spacial score (nSPS) is 24.4. The molecule has 0 bridgehead atoms. The molecule has 0 N–H and O–H groups in total. The van der Waals surface area contributed by atoms with Gasteiger partial charge in [-0.05, 0) is 19.3 Å². The van der Waals surface area contributed by atoms with E-state index in [1.54, 1.807) is 9.80 Å². The van der Waals surface area contributed by atoms with Crippen LogP contribution >= 0.6 is 11.3 Å². The predicted octanol–water partition coefficient (Wildman–Crippen LogP) is 0.539. The number of fused-ring (bicyclic) bond motifs is 1.